The van der Waals surface area contributed by atoms with Crippen LogP contribution in [0.15, 0.2) is 35.7 Å². The lowest BCUT2D eigenvalue weighted by molar-refractivity contribution is 0.0855. The minimum Gasteiger partial charge on any atom is -0.301 e. The highest BCUT2D eigenvalue weighted by Crippen LogP contribution is 2.31. The Bertz CT molecular complexity index is 872. The largest absolute Gasteiger partial charge is 0.301 e. The normalized spacial score (nSPS) is 20.3. The third-order valence-corrected chi connectivity index (χ3v) is 7.39. The Balaban J connectivity index is 1.13. The Hall–Kier alpha value is -1.89. The van der Waals surface area contributed by atoms with Gasteiger partial charge < -0.3 is 9.80 Å². The molecule has 1 aliphatic heterocycles. The van der Waals surface area contributed by atoms with Gasteiger partial charge in [-0.2, -0.15) is 0 Å². The van der Waals surface area contributed by atoms with Crippen LogP contribution in [0, 0.1) is 11.7 Å². The number of nitrogens with zero attached hydrogens (tertiary/aromatic N) is 2. The van der Waals surface area contributed by atoms with Gasteiger partial charge in [-0.1, -0.05) is 0 Å². The first-order chi connectivity index (χ1) is 14.6. The number of carbonyl (C=O) groups excluding carboxylic acids is 2. The molecule has 1 saturated heterocycles. The summed E-state index contributed by atoms with van der Waals surface area (Å²) in [4.78, 5) is 31.0. The highest BCUT2D eigenvalue weighted by Gasteiger charge is 2.28. The summed E-state index contributed by atoms with van der Waals surface area (Å²) < 4.78 is 13.0. The van der Waals surface area contributed by atoms with Crippen LogP contribution in [-0.2, 0) is 6.42 Å². The van der Waals surface area contributed by atoms with Crippen LogP contribution >= 0.6 is 11.3 Å². The van der Waals surface area contributed by atoms with Gasteiger partial charge >= 0.3 is 0 Å². The van der Waals surface area contributed by atoms with E-state index in [9.17, 15) is 14.0 Å². The number of ketones is 2. The first-order valence-electron chi connectivity index (χ1n) is 10.9. The van der Waals surface area contributed by atoms with Crippen molar-refractivity contribution in [3.05, 3.63) is 57.5 Å². The van der Waals surface area contributed by atoms with Crippen LogP contribution < -0.4 is 0 Å². The Morgan fingerprint density at radius 3 is 2.47 bits per heavy atom. The Morgan fingerprint density at radius 2 is 1.73 bits per heavy atom. The van der Waals surface area contributed by atoms with E-state index in [0.29, 0.717) is 17.8 Å². The van der Waals surface area contributed by atoms with Crippen molar-refractivity contribution >= 4 is 22.9 Å². The summed E-state index contributed by atoms with van der Waals surface area (Å²) in [5.74, 6) is 0.303. The number of thiophene rings is 1. The molecule has 2 aromatic rings. The van der Waals surface area contributed by atoms with Crippen LogP contribution in [0.4, 0.5) is 4.39 Å². The molecule has 160 valence electrons. The van der Waals surface area contributed by atoms with Gasteiger partial charge in [0.2, 0.25) is 0 Å². The third kappa shape index (κ3) is 5.23. The van der Waals surface area contributed by atoms with Gasteiger partial charge in [-0.3, -0.25) is 9.59 Å². The van der Waals surface area contributed by atoms with E-state index in [1.54, 1.807) is 23.5 Å². The van der Waals surface area contributed by atoms with Crippen LogP contribution in [-0.4, -0.2) is 60.6 Å². The van der Waals surface area contributed by atoms with Gasteiger partial charge in [0.25, 0.3) is 0 Å². The van der Waals surface area contributed by atoms with Gasteiger partial charge in [-0.15, -0.1) is 11.3 Å². The number of rotatable bonds is 8. The Kier molecular flexibility index (Phi) is 7.08. The molecular weight excluding hydrogens is 399 g/mol. The lowest BCUT2D eigenvalue weighted by atomic mass is 9.85. The molecule has 0 amide bonds. The molecule has 2 heterocycles. The maximum atomic E-state index is 13.0. The number of fused-ring (bicyclic) bond motifs is 1. The summed E-state index contributed by atoms with van der Waals surface area (Å²) >= 11 is 1.71. The van der Waals surface area contributed by atoms with Crippen LogP contribution in [0.1, 0.15) is 51.3 Å². The second-order valence-corrected chi connectivity index (χ2v) is 9.36. The minimum atomic E-state index is -0.312. The average Bonchev–Trinajstić information content (AvgIpc) is 3.24. The molecule has 6 heteroatoms. The van der Waals surface area contributed by atoms with Gasteiger partial charge in [-0.25, -0.2) is 4.39 Å². The molecular formula is C24H29FN2O2S. The SMILES string of the molecule is O=C(CCCN1CCN(CCC2CCc3sccc3C2=O)CC1)c1ccc(F)cc1. The van der Waals surface area contributed by atoms with Gasteiger partial charge in [0.05, 0.1) is 0 Å². The van der Waals surface area contributed by atoms with E-state index in [2.05, 4.69) is 9.80 Å². The fraction of sp³-hybridized carbons (Fsp3) is 0.500. The molecule has 30 heavy (non-hydrogen) atoms. The van der Waals surface area contributed by atoms with Crippen LogP contribution in [0.2, 0.25) is 0 Å². The van der Waals surface area contributed by atoms with E-state index in [1.807, 2.05) is 11.4 Å². The summed E-state index contributed by atoms with van der Waals surface area (Å²) in [7, 11) is 0. The number of benzene rings is 1. The highest BCUT2D eigenvalue weighted by atomic mass is 32.1. The minimum absolute atomic E-state index is 0.0829. The number of hydrogen-bond acceptors (Lipinski definition) is 5. The zero-order chi connectivity index (χ0) is 20.9. The maximum Gasteiger partial charge on any atom is 0.167 e. The molecule has 1 unspecified atom stereocenters. The first-order valence-corrected chi connectivity index (χ1v) is 11.8. The van der Waals surface area contributed by atoms with Gasteiger partial charge in [-0.05, 0) is 74.5 Å². The van der Waals surface area contributed by atoms with Crippen molar-refractivity contribution < 1.29 is 14.0 Å². The molecule has 1 aromatic heterocycles. The first kappa shape index (κ1) is 21.3. The van der Waals surface area contributed by atoms with Crippen LogP contribution in [0.25, 0.3) is 0 Å². The molecule has 1 aromatic carbocycles. The summed E-state index contributed by atoms with van der Waals surface area (Å²) in [5, 5.41) is 2.04. The molecule has 0 saturated carbocycles. The molecule has 4 nitrogen and oxygen atoms in total. The number of aryl methyl sites for hydroxylation is 1. The molecule has 1 fully saturated rings. The van der Waals surface area contributed by atoms with Gasteiger partial charge in [0.15, 0.2) is 11.6 Å². The molecule has 4 rings (SSSR count). The lowest BCUT2D eigenvalue weighted by Gasteiger charge is -2.35. The molecule has 0 spiro atoms. The van der Waals surface area contributed by atoms with Gasteiger partial charge in [0, 0.05) is 54.5 Å². The Morgan fingerprint density at radius 1 is 1.03 bits per heavy atom. The van der Waals surface area contributed by atoms with Crippen molar-refractivity contribution in [2.45, 2.75) is 32.1 Å². The van der Waals surface area contributed by atoms with Crippen LogP contribution in [0.5, 0.6) is 0 Å². The summed E-state index contributed by atoms with van der Waals surface area (Å²) in [6, 6.07) is 7.80. The predicted octanol–water partition coefficient (Wildman–Crippen LogP) is 4.30. The number of carbonyl (C=O) groups is 2. The van der Waals surface area contributed by atoms with E-state index in [0.717, 1.165) is 70.5 Å². The fourth-order valence-corrected chi connectivity index (χ4v) is 5.40. The summed E-state index contributed by atoms with van der Waals surface area (Å²) in [6.07, 6.45) is 4.33. The quantitative estimate of drug-likeness (QED) is 0.588. The molecule has 0 radical (unpaired) electrons. The van der Waals surface area contributed by atoms with Crippen molar-refractivity contribution in [2.24, 2.45) is 5.92 Å². The zero-order valence-electron chi connectivity index (χ0n) is 17.3. The number of Topliss-reactive ketones (excluding diaryl/α,β-unsaturated/α-hetero) is 2. The van der Waals surface area contributed by atoms with Crippen molar-refractivity contribution in [3.63, 3.8) is 0 Å². The molecule has 1 aliphatic carbocycles. The summed E-state index contributed by atoms with van der Waals surface area (Å²) in [6.45, 7) is 5.98. The van der Waals surface area contributed by atoms with E-state index < -0.39 is 0 Å². The predicted molar refractivity (Wildman–Crippen MR) is 118 cm³/mol. The number of hydrogen-bond donors (Lipinski definition) is 0. The highest BCUT2D eigenvalue weighted by molar-refractivity contribution is 7.10. The lowest BCUT2D eigenvalue weighted by Crippen LogP contribution is -2.47. The average molecular weight is 429 g/mol. The van der Waals surface area contributed by atoms with Crippen LogP contribution in [0.3, 0.4) is 0 Å². The van der Waals surface area contributed by atoms with Crippen molar-refractivity contribution in [1.29, 1.82) is 0 Å². The molecule has 1 atom stereocenters. The molecule has 0 bridgehead atoms. The monoisotopic (exact) mass is 428 g/mol. The van der Waals surface area contributed by atoms with E-state index in [1.165, 1.54) is 17.0 Å². The molecule has 0 N–H and O–H groups in total. The second kappa shape index (κ2) is 9.94. The number of halogens is 1. The summed E-state index contributed by atoms with van der Waals surface area (Å²) in [5.41, 5.74) is 1.56. The van der Waals surface area contributed by atoms with Crippen molar-refractivity contribution in [2.75, 3.05) is 39.3 Å². The van der Waals surface area contributed by atoms with Crippen molar-refractivity contribution in [1.82, 2.24) is 9.80 Å². The fourth-order valence-electron chi connectivity index (χ4n) is 4.50. The molecule has 2 aliphatic rings. The van der Waals surface area contributed by atoms with Crippen molar-refractivity contribution in [3.8, 4) is 0 Å². The smallest absolute Gasteiger partial charge is 0.167 e. The van der Waals surface area contributed by atoms with Gasteiger partial charge in [0.1, 0.15) is 5.82 Å². The van der Waals surface area contributed by atoms with E-state index >= 15 is 0 Å². The topological polar surface area (TPSA) is 40.6 Å². The standard InChI is InChI=1S/C24H29FN2O2S/c25-20-6-3-18(4-7-20)22(28)2-1-11-26-13-15-27(16-14-26)12-9-19-5-8-23-21(24(19)29)10-17-30-23/h3-4,6-7,10,17,19H,1-2,5,8-9,11-16H2. The second-order valence-electron chi connectivity index (χ2n) is 8.36. The van der Waals surface area contributed by atoms with E-state index in [4.69, 9.17) is 0 Å². The Labute approximate surface area is 181 Å². The maximum absolute atomic E-state index is 13.0. The third-order valence-electron chi connectivity index (χ3n) is 6.40. The van der Waals surface area contributed by atoms with E-state index in [-0.39, 0.29) is 17.5 Å². The number of piperazine rings is 1. The zero-order valence-corrected chi connectivity index (χ0v) is 18.1.